The molecular formula is C16H22N2O2. The Bertz CT molecular complexity index is 551. The van der Waals surface area contributed by atoms with Gasteiger partial charge in [0.05, 0.1) is 0 Å². The van der Waals surface area contributed by atoms with Crippen LogP contribution in [-0.2, 0) is 9.59 Å². The zero-order chi connectivity index (χ0) is 15.0. The summed E-state index contributed by atoms with van der Waals surface area (Å²) >= 11 is 0. The van der Waals surface area contributed by atoms with Crippen molar-refractivity contribution in [3.05, 3.63) is 29.3 Å². The first-order valence-electron chi connectivity index (χ1n) is 7.03. The fourth-order valence-electron chi connectivity index (χ4n) is 2.47. The van der Waals surface area contributed by atoms with E-state index in [2.05, 4.69) is 5.32 Å². The van der Waals surface area contributed by atoms with E-state index in [1.807, 2.05) is 45.9 Å². The number of carbonyl (C=O) groups excluding carboxylic acids is 2. The van der Waals surface area contributed by atoms with Crippen LogP contribution in [0.4, 0.5) is 5.69 Å². The number of nitrogens with one attached hydrogen (secondary N) is 1. The van der Waals surface area contributed by atoms with Gasteiger partial charge in [-0.2, -0.15) is 0 Å². The van der Waals surface area contributed by atoms with E-state index in [0.29, 0.717) is 0 Å². The Labute approximate surface area is 120 Å². The highest BCUT2D eigenvalue weighted by atomic mass is 16.2. The first-order valence-corrected chi connectivity index (χ1v) is 7.03. The summed E-state index contributed by atoms with van der Waals surface area (Å²) in [4.78, 5) is 26.3. The van der Waals surface area contributed by atoms with Crippen LogP contribution in [0.1, 0.15) is 31.9 Å². The molecule has 4 heteroatoms. The first-order chi connectivity index (χ1) is 9.32. The fourth-order valence-corrected chi connectivity index (χ4v) is 2.47. The number of carbonyl (C=O) groups is 2. The van der Waals surface area contributed by atoms with E-state index >= 15 is 0 Å². The second-order valence-corrected chi connectivity index (χ2v) is 5.88. The maximum absolute atomic E-state index is 12.6. The predicted molar refractivity (Wildman–Crippen MR) is 79.6 cm³/mol. The van der Waals surface area contributed by atoms with E-state index in [-0.39, 0.29) is 17.7 Å². The first kappa shape index (κ1) is 14.6. The van der Waals surface area contributed by atoms with Crippen LogP contribution in [-0.4, -0.2) is 23.9 Å². The SMILES string of the molecule is Cc1ccc(N2C(=O)C(C(C)C)NC(=O)C2C)cc1C. The maximum atomic E-state index is 12.6. The van der Waals surface area contributed by atoms with Crippen molar-refractivity contribution in [1.82, 2.24) is 5.32 Å². The number of benzene rings is 1. The minimum atomic E-state index is -0.473. The van der Waals surface area contributed by atoms with Crippen LogP contribution < -0.4 is 10.2 Å². The highest BCUT2D eigenvalue weighted by Crippen LogP contribution is 2.25. The molecule has 108 valence electrons. The molecular weight excluding hydrogens is 252 g/mol. The molecule has 2 rings (SSSR count). The minimum Gasteiger partial charge on any atom is -0.342 e. The Morgan fingerprint density at radius 3 is 2.35 bits per heavy atom. The largest absolute Gasteiger partial charge is 0.342 e. The smallest absolute Gasteiger partial charge is 0.250 e. The van der Waals surface area contributed by atoms with E-state index < -0.39 is 12.1 Å². The lowest BCUT2D eigenvalue weighted by molar-refractivity contribution is -0.134. The number of amides is 2. The monoisotopic (exact) mass is 274 g/mol. The Hall–Kier alpha value is -1.84. The molecule has 0 bridgehead atoms. The zero-order valence-corrected chi connectivity index (χ0v) is 12.7. The molecule has 0 aliphatic carbocycles. The highest BCUT2D eigenvalue weighted by molar-refractivity contribution is 6.08. The van der Waals surface area contributed by atoms with Crippen molar-refractivity contribution in [2.75, 3.05) is 4.90 Å². The molecule has 1 saturated heterocycles. The van der Waals surface area contributed by atoms with Crippen molar-refractivity contribution in [2.24, 2.45) is 5.92 Å². The number of hydrogen-bond acceptors (Lipinski definition) is 2. The van der Waals surface area contributed by atoms with Gasteiger partial charge in [-0.15, -0.1) is 0 Å². The molecule has 1 fully saturated rings. The van der Waals surface area contributed by atoms with Crippen LogP contribution in [0.2, 0.25) is 0 Å². The molecule has 1 N–H and O–H groups in total. The molecule has 1 aliphatic heterocycles. The Balaban J connectivity index is 2.43. The van der Waals surface area contributed by atoms with E-state index in [9.17, 15) is 9.59 Å². The van der Waals surface area contributed by atoms with Gasteiger partial charge >= 0.3 is 0 Å². The summed E-state index contributed by atoms with van der Waals surface area (Å²) in [6.07, 6.45) is 0. The molecule has 4 nitrogen and oxygen atoms in total. The summed E-state index contributed by atoms with van der Waals surface area (Å²) in [5.41, 5.74) is 3.09. The molecule has 1 heterocycles. The zero-order valence-electron chi connectivity index (χ0n) is 12.7. The molecule has 2 amide bonds. The molecule has 1 aliphatic rings. The van der Waals surface area contributed by atoms with Gasteiger partial charge in [0.1, 0.15) is 12.1 Å². The van der Waals surface area contributed by atoms with E-state index in [0.717, 1.165) is 11.3 Å². The molecule has 0 radical (unpaired) electrons. The average molecular weight is 274 g/mol. The Morgan fingerprint density at radius 1 is 1.15 bits per heavy atom. The fraction of sp³-hybridized carbons (Fsp3) is 0.500. The number of nitrogens with zero attached hydrogens (tertiary/aromatic N) is 1. The van der Waals surface area contributed by atoms with E-state index in [1.165, 1.54) is 5.56 Å². The molecule has 1 aromatic carbocycles. The standard InChI is InChI=1S/C16H22N2O2/c1-9(2)14-16(20)18(12(5)15(19)17-14)13-7-6-10(3)11(4)8-13/h6-9,12,14H,1-5H3,(H,17,19). The summed E-state index contributed by atoms with van der Waals surface area (Å²) in [5.74, 6) is -0.0510. The lowest BCUT2D eigenvalue weighted by Crippen LogP contribution is -2.64. The minimum absolute atomic E-state index is 0.0321. The van der Waals surface area contributed by atoms with Crippen molar-refractivity contribution in [3.8, 4) is 0 Å². The summed E-state index contributed by atoms with van der Waals surface area (Å²) < 4.78 is 0. The number of anilines is 1. The van der Waals surface area contributed by atoms with E-state index in [1.54, 1.807) is 11.8 Å². The van der Waals surface area contributed by atoms with Gasteiger partial charge in [-0.25, -0.2) is 0 Å². The average Bonchev–Trinajstić information content (AvgIpc) is 2.38. The van der Waals surface area contributed by atoms with Gasteiger partial charge in [0.25, 0.3) is 5.91 Å². The van der Waals surface area contributed by atoms with Gasteiger partial charge in [0, 0.05) is 5.69 Å². The van der Waals surface area contributed by atoms with E-state index in [4.69, 9.17) is 0 Å². The molecule has 0 aromatic heterocycles. The summed E-state index contributed by atoms with van der Waals surface area (Å²) in [7, 11) is 0. The highest BCUT2D eigenvalue weighted by Gasteiger charge is 2.40. The lowest BCUT2D eigenvalue weighted by atomic mass is 9.97. The number of hydrogen-bond donors (Lipinski definition) is 1. The normalized spacial score (nSPS) is 23.2. The van der Waals surface area contributed by atoms with Gasteiger partial charge in [-0.3, -0.25) is 14.5 Å². The Kier molecular flexibility index (Phi) is 3.84. The predicted octanol–water partition coefficient (Wildman–Crippen LogP) is 2.18. The van der Waals surface area contributed by atoms with Crippen LogP contribution in [0.15, 0.2) is 18.2 Å². The van der Waals surface area contributed by atoms with Crippen LogP contribution in [0, 0.1) is 19.8 Å². The molecule has 0 spiro atoms. The quantitative estimate of drug-likeness (QED) is 0.898. The Morgan fingerprint density at radius 2 is 1.80 bits per heavy atom. The third kappa shape index (κ3) is 2.42. The van der Waals surface area contributed by atoms with Crippen LogP contribution >= 0.6 is 0 Å². The van der Waals surface area contributed by atoms with Gasteiger partial charge < -0.3 is 5.32 Å². The second kappa shape index (κ2) is 5.27. The number of piperazine rings is 1. The number of rotatable bonds is 2. The van der Waals surface area contributed by atoms with Gasteiger partial charge in [0.15, 0.2) is 0 Å². The van der Waals surface area contributed by atoms with Gasteiger partial charge in [0.2, 0.25) is 5.91 Å². The lowest BCUT2D eigenvalue weighted by Gasteiger charge is -2.39. The third-order valence-corrected chi connectivity index (χ3v) is 4.00. The van der Waals surface area contributed by atoms with Crippen LogP contribution in [0.5, 0.6) is 0 Å². The molecule has 20 heavy (non-hydrogen) atoms. The van der Waals surface area contributed by atoms with Crippen LogP contribution in [0.3, 0.4) is 0 Å². The number of aryl methyl sites for hydroxylation is 2. The summed E-state index contributed by atoms with van der Waals surface area (Å²) in [6, 6.07) is 4.95. The molecule has 0 saturated carbocycles. The van der Waals surface area contributed by atoms with Gasteiger partial charge in [-0.05, 0) is 49.9 Å². The van der Waals surface area contributed by atoms with Crippen molar-refractivity contribution in [2.45, 2.75) is 46.7 Å². The summed E-state index contributed by atoms with van der Waals surface area (Å²) in [5, 5.41) is 2.81. The molecule has 2 unspecified atom stereocenters. The molecule has 1 aromatic rings. The second-order valence-electron chi connectivity index (χ2n) is 5.88. The summed E-state index contributed by atoms with van der Waals surface area (Å²) in [6.45, 7) is 9.69. The van der Waals surface area contributed by atoms with Crippen LogP contribution in [0.25, 0.3) is 0 Å². The van der Waals surface area contributed by atoms with Crippen molar-refractivity contribution >= 4 is 17.5 Å². The van der Waals surface area contributed by atoms with Crippen molar-refractivity contribution < 1.29 is 9.59 Å². The molecule has 2 atom stereocenters. The topological polar surface area (TPSA) is 49.4 Å². The van der Waals surface area contributed by atoms with Gasteiger partial charge in [-0.1, -0.05) is 19.9 Å². The van der Waals surface area contributed by atoms with Crippen molar-refractivity contribution in [1.29, 1.82) is 0 Å². The third-order valence-electron chi connectivity index (χ3n) is 4.00. The maximum Gasteiger partial charge on any atom is 0.250 e. The van der Waals surface area contributed by atoms with Crippen molar-refractivity contribution in [3.63, 3.8) is 0 Å².